The molecule has 19 heavy (non-hydrogen) atoms. The van der Waals surface area contributed by atoms with Crippen LogP contribution in [-0.2, 0) is 26.1 Å². The highest BCUT2D eigenvalue weighted by molar-refractivity contribution is 7.91. The number of carbonyl (C=O) groups is 1. The van der Waals surface area contributed by atoms with Crippen molar-refractivity contribution in [3.05, 3.63) is 17.0 Å². The molecule has 0 aliphatic heterocycles. The van der Waals surface area contributed by atoms with Crippen molar-refractivity contribution in [3.63, 3.8) is 0 Å². The molecule has 1 rings (SSSR count). The third-order valence-electron chi connectivity index (χ3n) is 2.56. The predicted octanol–water partition coefficient (Wildman–Crippen LogP) is 0.827. The number of thiophene rings is 1. The van der Waals surface area contributed by atoms with Gasteiger partial charge in [0.15, 0.2) is 0 Å². The van der Waals surface area contributed by atoms with Crippen molar-refractivity contribution in [1.29, 1.82) is 0 Å². The first-order chi connectivity index (χ1) is 8.82. The summed E-state index contributed by atoms with van der Waals surface area (Å²) in [6.45, 7) is 2.20. The van der Waals surface area contributed by atoms with E-state index < -0.39 is 10.0 Å². The van der Waals surface area contributed by atoms with E-state index in [9.17, 15) is 13.2 Å². The number of nitrogens with two attached hydrogens (primary N) is 1. The summed E-state index contributed by atoms with van der Waals surface area (Å²) >= 11 is 1.06. The molecule has 6 nitrogen and oxygen atoms in total. The van der Waals surface area contributed by atoms with Crippen LogP contribution in [0, 0.1) is 0 Å². The Morgan fingerprint density at radius 1 is 1.53 bits per heavy atom. The second-order valence-corrected chi connectivity index (χ2v) is 7.08. The Balaban J connectivity index is 2.41. The maximum absolute atomic E-state index is 11.5. The molecule has 1 aromatic heterocycles. The van der Waals surface area contributed by atoms with Crippen molar-refractivity contribution in [2.45, 2.75) is 36.6 Å². The molecule has 1 heterocycles. The molecule has 0 saturated heterocycles. The summed E-state index contributed by atoms with van der Waals surface area (Å²) in [6, 6.07) is 3.08. The number of primary sulfonamides is 1. The van der Waals surface area contributed by atoms with Crippen molar-refractivity contribution >= 4 is 27.3 Å². The maximum atomic E-state index is 11.5. The summed E-state index contributed by atoms with van der Waals surface area (Å²) < 4.78 is 27.3. The molecule has 0 radical (unpaired) electrons. The highest BCUT2D eigenvalue weighted by Crippen LogP contribution is 2.19. The lowest BCUT2D eigenvalue weighted by Gasteiger charge is -2.08. The van der Waals surface area contributed by atoms with Crippen LogP contribution in [0.1, 0.15) is 24.6 Å². The van der Waals surface area contributed by atoms with Crippen LogP contribution in [0.15, 0.2) is 16.3 Å². The minimum absolute atomic E-state index is 0.0430. The van der Waals surface area contributed by atoms with E-state index in [0.717, 1.165) is 16.2 Å². The Morgan fingerprint density at radius 3 is 2.74 bits per heavy atom. The maximum Gasteiger partial charge on any atom is 0.247 e. The summed E-state index contributed by atoms with van der Waals surface area (Å²) in [5.74, 6) is -0.0885. The Hall–Kier alpha value is -0.960. The number of rotatable bonds is 7. The van der Waals surface area contributed by atoms with Gasteiger partial charge in [-0.1, -0.05) is 0 Å². The van der Waals surface area contributed by atoms with Gasteiger partial charge in [0.25, 0.3) is 0 Å². The van der Waals surface area contributed by atoms with Crippen LogP contribution in [0.4, 0.5) is 0 Å². The Labute approximate surface area is 117 Å². The quantitative estimate of drug-likeness (QED) is 0.779. The number of carbonyl (C=O) groups excluding carboxylic acids is 1. The van der Waals surface area contributed by atoms with Crippen LogP contribution in [0.3, 0.4) is 0 Å². The Bertz CT molecular complexity index is 525. The standard InChI is InChI=1S/C11H18N2O4S2/c1-8(17-2)3-5-10(14)13-7-9-4-6-11(18-9)19(12,15)16/h4,6,8H,3,5,7H2,1-2H3,(H,13,14)(H2,12,15,16). The van der Waals surface area contributed by atoms with Gasteiger partial charge in [0.1, 0.15) is 4.21 Å². The highest BCUT2D eigenvalue weighted by Gasteiger charge is 2.12. The minimum Gasteiger partial charge on any atom is -0.382 e. The van der Waals surface area contributed by atoms with Gasteiger partial charge in [-0.3, -0.25) is 4.79 Å². The lowest BCUT2D eigenvalue weighted by Crippen LogP contribution is -2.23. The summed E-state index contributed by atoms with van der Waals surface area (Å²) in [7, 11) is -2.06. The lowest BCUT2D eigenvalue weighted by molar-refractivity contribution is -0.121. The largest absolute Gasteiger partial charge is 0.382 e. The molecule has 8 heteroatoms. The zero-order chi connectivity index (χ0) is 14.5. The van der Waals surface area contributed by atoms with Gasteiger partial charge in [-0.2, -0.15) is 0 Å². The van der Waals surface area contributed by atoms with Crippen molar-refractivity contribution in [2.75, 3.05) is 7.11 Å². The van der Waals surface area contributed by atoms with Crippen LogP contribution >= 0.6 is 11.3 Å². The molecule has 0 saturated carbocycles. The molecule has 3 N–H and O–H groups in total. The van der Waals surface area contributed by atoms with Crippen LogP contribution in [0.5, 0.6) is 0 Å². The van der Waals surface area contributed by atoms with E-state index in [-0.39, 0.29) is 16.2 Å². The number of hydrogen-bond donors (Lipinski definition) is 2. The van der Waals surface area contributed by atoms with Crippen molar-refractivity contribution in [3.8, 4) is 0 Å². The Kier molecular flexibility index (Phi) is 5.92. The van der Waals surface area contributed by atoms with Gasteiger partial charge in [-0.25, -0.2) is 13.6 Å². The van der Waals surface area contributed by atoms with Gasteiger partial charge in [-0.15, -0.1) is 11.3 Å². The minimum atomic E-state index is -3.66. The number of sulfonamides is 1. The fourth-order valence-corrected chi connectivity index (χ4v) is 3.05. The van der Waals surface area contributed by atoms with E-state index in [0.29, 0.717) is 19.4 Å². The average molecular weight is 306 g/mol. The first-order valence-electron chi connectivity index (χ1n) is 5.74. The topological polar surface area (TPSA) is 98.5 Å². The summed E-state index contributed by atoms with van der Waals surface area (Å²) in [5, 5.41) is 7.73. The van der Waals surface area contributed by atoms with E-state index in [4.69, 9.17) is 9.88 Å². The normalized spacial score (nSPS) is 13.2. The van der Waals surface area contributed by atoms with Gasteiger partial charge in [0.05, 0.1) is 12.6 Å². The van der Waals surface area contributed by atoms with Crippen LogP contribution < -0.4 is 10.5 Å². The second-order valence-electron chi connectivity index (χ2n) is 4.13. The zero-order valence-electron chi connectivity index (χ0n) is 10.9. The number of ether oxygens (including phenoxy) is 1. The van der Waals surface area contributed by atoms with Gasteiger partial charge in [0.2, 0.25) is 15.9 Å². The van der Waals surface area contributed by atoms with Gasteiger partial charge < -0.3 is 10.1 Å². The molecule has 1 unspecified atom stereocenters. The van der Waals surface area contributed by atoms with Crippen molar-refractivity contribution in [1.82, 2.24) is 5.32 Å². The molecule has 0 aromatic carbocycles. The highest BCUT2D eigenvalue weighted by atomic mass is 32.2. The van der Waals surface area contributed by atoms with Gasteiger partial charge in [0, 0.05) is 18.4 Å². The molecular formula is C11H18N2O4S2. The number of amides is 1. The van der Waals surface area contributed by atoms with E-state index in [1.807, 2.05) is 6.92 Å². The molecule has 0 bridgehead atoms. The smallest absolute Gasteiger partial charge is 0.247 e. The molecule has 1 aromatic rings. The zero-order valence-corrected chi connectivity index (χ0v) is 12.5. The monoisotopic (exact) mass is 306 g/mol. The molecule has 108 valence electrons. The summed E-state index contributed by atoms with van der Waals surface area (Å²) in [5.41, 5.74) is 0. The number of nitrogens with one attached hydrogen (secondary N) is 1. The first-order valence-corrected chi connectivity index (χ1v) is 8.10. The number of hydrogen-bond acceptors (Lipinski definition) is 5. The summed E-state index contributed by atoms with van der Waals surface area (Å²) in [4.78, 5) is 12.3. The van der Waals surface area contributed by atoms with Crippen LogP contribution in [0.25, 0.3) is 0 Å². The average Bonchev–Trinajstić information content (AvgIpc) is 2.82. The van der Waals surface area contributed by atoms with Gasteiger partial charge >= 0.3 is 0 Å². The Morgan fingerprint density at radius 2 is 2.21 bits per heavy atom. The lowest BCUT2D eigenvalue weighted by atomic mass is 10.2. The van der Waals surface area contributed by atoms with E-state index in [1.165, 1.54) is 6.07 Å². The number of methoxy groups -OCH3 is 1. The fraction of sp³-hybridized carbons (Fsp3) is 0.545. The second kappa shape index (κ2) is 6.99. The first kappa shape index (κ1) is 16.1. The van der Waals surface area contributed by atoms with Gasteiger partial charge in [-0.05, 0) is 25.5 Å². The fourth-order valence-electron chi connectivity index (χ4n) is 1.33. The molecular weight excluding hydrogens is 288 g/mol. The van der Waals surface area contributed by atoms with E-state index in [1.54, 1.807) is 13.2 Å². The van der Waals surface area contributed by atoms with Crippen molar-refractivity contribution < 1.29 is 17.9 Å². The third kappa shape index (κ3) is 5.68. The van der Waals surface area contributed by atoms with Crippen molar-refractivity contribution in [2.24, 2.45) is 5.14 Å². The molecule has 0 spiro atoms. The van der Waals surface area contributed by atoms with Crippen LogP contribution in [0.2, 0.25) is 0 Å². The molecule has 1 atom stereocenters. The molecule has 0 fully saturated rings. The molecule has 1 amide bonds. The molecule has 0 aliphatic carbocycles. The van der Waals surface area contributed by atoms with Crippen LogP contribution in [-0.4, -0.2) is 27.5 Å². The van der Waals surface area contributed by atoms with E-state index >= 15 is 0 Å². The predicted molar refractivity (Wildman–Crippen MR) is 73.2 cm³/mol. The SMILES string of the molecule is COC(C)CCC(=O)NCc1ccc(S(N)(=O)=O)s1. The third-order valence-corrected chi connectivity index (χ3v) is 5.08. The van der Waals surface area contributed by atoms with E-state index in [2.05, 4.69) is 5.32 Å². The summed E-state index contributed by atoms with van der Waals surface area (Å²) in [6.07, 6.45) is 1.07. The molecule has 0 aliphatic rings.